The molecule has 0 atom stereocenters. The zero-order valence-electron chi connectivity index (χ0n) is 12.2. The second kappa shape index (κ2) is 13.1. The van der Waals surface area contributed by atoms with Crippen LogP contribution in [0.5, 0.6) is 0 Å². The molecule has 0 aliphatic heterocycles. The van der Waals surface area contributed by atoms with Crippen LogP contribution >= 0.6 is 0 Å². The van der Waals surface area contributed by atoms with E-state index < -0.39 is 5.97 Å². The summed E-state index contributed by atoms with van der Waals surface area (Å²) in [6.45, 7) is 7.00. The molecule has 0 amide bonds. The molecule has 0 aromatic heterocycles. The van der Waals surface area contributed by atoms with E-state index in [-0.39, 0.29) is 0 Å². The zero-order chi connectivity index (χ0) is 14.3. The van der Waals surface area contributed by atoms with Crippen molar-refractivity contribution in [3.8, 4) is 0 Å². The van der Waals surface area contributed by atoms with E-state index in [1.807, 2.05) is 0 Å². The van der Waals surface area contributed by atoms with Gasteiger partial charge < -0.3 is 0 Å². The maximum absolute atomic E-state index is 10.5. The Bertz CT molecular complexity index is 275. The Morgan fingerprint density at radius 1 is 1.05 bits per heavy atom. The first-order chi connectivity index (χ1) is 9.18. The third kappa shape index (κ3) is 12.9. The lowest BCUT2D eigenvalue weighted by Gasteiger charge is -1.97. The van der Waals surface area contributed by atoms with Gasteiger partial charge in [0.05, 0.1) is 6.61 Å². The van der Waals surface area contributed by atoms with Crippen molar-refractivity contribution in [2.45, 2.75) is 52.4 Å². The summed E-state index contributed by atoms with van der Waals surface area (Å²) in [5.74, 6) is -0.517. The van der Waals surface area contributed by atoms with Gasteiger partial charge in [-0.05, 0) is 52.4 Å². The summed E-state index contributed by atoms with van der Waals surface area (Å²) in [5, 5.41) is 0. The van der Waals surface area contributed by atoms with Crippen LogP contribution in [0.15, 0.2) is 36.5 Å². The van der Waals surface area contributed by atoms with Crippen LogP contribution in [0.2, 0.25) is 0 Å². The second-order valence-corrected chi connectivity index (χ2v) is 4.36. The quantitative estimate of drug-likeness (QED) is 0.326. The van der Waals surface area contributed by atoms with Crippen LogP contribution in [0, 0.1) is 0 Å². The van der Waals surface area contributed by atoms with Gasteiger partial charge in [0.2, 0.25) is 0 Å². The molecule has 2 rings (SSSR count). The molecule has 0 spiro atoms. The Morgan fingerprint density at radius 2 is 1.47 bits per heavy atom. The summed E-state index contributed by atoms with van der Waals surface area (Å²) in [4.78, 5) is 19.0. The fraction of sp³-hybridized carbons (Fsp3) is 0.562. The summed E-state index contributed by atoms with van der Waals surface area (Å²) in [5.41, 5.74) is 0.337. The number of allylic oxidation sites excluding steroid dienone is 4. The van der Waals surface area contributed by atoms with Crippen LogP contribution in [-0.2, 0) is 14.6 Å². The Balaban J connectivity index is 0.000000273. The summed E-state index contributed by atoms with van der Waals surface area (Å²) in [6.07, 6.45) is 17.0. The third-order valence-corrected chi connectivity index (χ3v) is 2.42. The highest BCUT2D eigenvalue weighted by molar-refractivity contribution is 5.86. The van der Waals surface area contributed by atoms with E-state index in [9.17, 15) is 4.79 Å². The monoisotopic (exact) mass is 266 g/mol. The lowest BCUT2D eigenvalue weighted by molar-refractivity contribution is -0.265. The van der Waals surface area contributed by atoms with Crippen molar-refractivity contribution in [3.05, 3.63) is 36.5 Å². The molecule has 108 valence electrons. The predicted octanol–water partition coefficient (Wildman–Crippen LogP) is 4.51. The average Bonchev–Trinajstić information content (AvgIpc) is 3.11. The summed E-state index contributed by atoms with van der Waals surface area (Å²) < 4.78 is 0. The van der Waals surface area contributed by atoms with Crippen LogP contribution in [0.3, 0.4) is 0 Å². The Hall–Kier alpha value is -1.35. The normalized spacial score (nSPS) is 15.1. The summed E-state index contributed by atoms with van der Waals surface area (Å²) >= 11 is 0. The predicted molar refractivity (Wildman–Crippen MR) is 78.5 cm³/mol. The van der Waals surface area contributed by atoms with Crippen molar-refractivity contribution < 1.29 is 14.6 Å². The van der Waals surface area contributed by atoms with Crippen molar-refractivity contribution in [2.75, 3.05) is 6.61 Å². The average molecular weight is 266 g/mol. The van der Waals surface area contributed by atoms with E-state index in [1.165, 1.54) is 38.5 Å². The van der Waals surface area contributed by atoms with Crippen molar-refractivity contribution in [1.29, 1.82) is 0 Å². The SMILES string of the molecule is C1=CCCC1.C1=CCCC1.C=C(C)C(=O)OOCC. The molecule has 2 aliphatic rings. The van der Waals surface area contributed by atoms with Crippen molar-refractivity contribution in [2.24, 2.45) is 0 Å². The Kier molecular flexibility index (Phi) is 12.2. The molecule has 0 radical (unpaired) electrons. The number of carbonyl (C=O) groups excluding carboxylic acids is 1. The van der Waals surface area contributed by atoms with E-state index in [1.54, 1.807) is 13.8 Å². The van der Waals surface area contributed by atoms with Gasteiger partial charge in [0.25, 0.3) is 0 Å². The third-order valence-electron chi connectivity index (χ3n) is 2.42. The van der Waals surface area contributed by atoms with E-state index in [4.69, 9.17) is 0 Å². The van der Waals surface area contributed by atoms with E-state index in [0.29, 0.717) is 12.2 Å². The van der Waals surface area contributed by atoms with Gasteiger partial charge in [0, 0.05) is 5.57 Å². The highest BCUT2D eigenvalue weighted by Gasteiger charge is 2.01. The molecule has 0 heterocycles. The maximum Gasteiger partial charge on any atom is 0.368 e. The van der Waals surface area contributed by atoms with Crippen molar-refractivity contribution in [3.63, 3.8) is 0 Å². The first kappa shape index (κ1) is 17.6. The summed E-state index contributed by atoms with van der Waals surface area (Å²) in [7, 11) is 0. The fourth-order valence-corrected chi connectivity index (χ4v) is 1.36. The second-order valence-electron chi connectivity index (χ2n) is 4.36. The van der Waals surface area contributed by atoms with Crippen molar-refractivity contribution >= 4 is 5.97 Å². The molecular weight excluding hydrogens is 240 g/mol. The highest BCUT2D eigenvalue weighted by Crippen LogP contribution is 2.05. The first-order valence-corrected chi connectivity index (χ1v) is 6.97. The van der Waals surface area contributed by atoms with Crippen molar-refractivity contribution in [1.82, 2.24) is 0 Å². The molecule has 3 heteroatoms. The standard InChI is InChI=1S/C6H10O3.2C5H8/c1-4-8-9-6(7)5(2)3;2*1-2-4-5-3-1/h2,4H2,1,3H3;2*1-2H,3-5H2. The number of rotatable bonds is 3. The fourth-order valence-electron chi connectivity index (χ4n) is 1.36. The van der Waals surface area contributed by atoms with Crippen LogP contribution in [0.25, 0.3) is 0 Å². The molecule has 0 aromatic rings. The Morgan fingerprint density at radius 3 is 1.68 bits per heavy atom. The van der Waals surface area contributed by atoms with E-state index in [2.05, 4.69) is 40.7 Å². The van der Waals surface area contributed by atoms with Gasteiger partial charge in [-0.3, -0.25) is 4.89 Å². The van der Waals surface area contributed by atoms with Gasteiger partial charge in [-0.25, -0.2) is 4.79 Å². The molecule has 3 nitrogen and oxygen atoms in total. The minimum Gasteiger partial charge on any atom is -0.293 e. The van der Waals surface area contributed by atoms with Crippen LogP contribution in [-0.4, -0.2) is 12.6 Å². The number of carbonyl (C=O) groups is 1. The topological polar surface area (TPSA) is 35.5 Å². The number of hydrogen-bond donors (Lipinski definition) is 0. The lowest BCUT2D eigenvalue weighted by Crippen LogP contribution is -2.05. The molecule has 0 aromatic carbocycles. The largest absolute Gasteiger partial charge is 0.368 e. The van der Waals surface area contributed by atoms with Gasteiger partial charge in [-0.15, -0.1) is 0 Å². The molecule has 0 saturated heterocycles. The van der Waals surface area contributed by atoms with E-state index >= 15 is 0 Å². The van der Waals surface area contributed by atoms with Gasteiger partial charge >= 0.3 is 5.97 Å². The molecule has 0 bridgehead atoms. The molecule has 19 heavy (non-hydrogen) atoms. The van der Waals surface area contributed by atoms with E-state index in [0.717, 1.165) is 0 Å². The van der Waals surface area contributed by atoms with Gasteiger partial charge in [0.1, 0.15) is 0 Å². The lowest BCUT2D eigenvalue weighted by atomic mass is 10.4. The molecule has 2 aliphatic carbocycles. The minimum absolute atomic E-state index is 0.337. The van der Waals surface area contributed by atoms with Gasteiger partial charge in [0.15, 0.2) is 0 Å². The molecule has 0 N–H and O–H groups in total. The smallest absolute Gasteiger partial charge is 0.293 e. The van der Waals surface area contributed by atoms with Crippen LogP contribution in [0.4, 0.5) is 0 Å². The first-order valence-electron chi connectivity index (χ1n) is 6.97. The molecule has 0 saturated carbocycles. The Labute approximate surface area is 116 Å². The van der Waals surface area contributed by atoms with Gasteiger partial charge in [-0.1, -0.05) is 30.9 Å². The molecule has 0 unspecified atom stereocenters. The van der Waals surface area contributed by atoms with Crippen LogP contribution in [0.1, 0.15) is 52.4 Å². The van der Waals surface area contributed by atoms with Crippen LogP contribution < -0.4 is 0 Å². The molecule has 0 fully saturated rings. The summed E-state index contributed by atoms with van der Waals surface area (Å²) in [6, 6.07) is 0. The highest BCUT2D eigenvalue weighted by atomic mass is 17.2. The zero-order valence-corrected chi connectivity index (χ0v) is 12.2. The van der Waals surface area contributed by atoms with Gasteiger partial charge in [-0.2, -0.15) is 4.89 Å². The number of hydrogen-bond acceptors (Lipinski definition) is 3. The maximum atomic E-state index is 10.5. The minimum atomic E-state index is -0.517. The molecular formula is C16H26O3.